The van der Waals surface area contributed by atoms with Crippen molar-refractivity contribution in [2.24, 2.45) is 5.41 Å². The summed E-state index contributed by atoms with van der Waals surface area (Å²) in [6, 6.07) is 4.44. The van der Waals surface area contributed by atoms with Gasteiger partial charge in [-0.1, -0.05) is 0 Å². The van der Waals surface area contributed by atoms with Crippen molar-refractivity contribution >= 4 is 15.8 Å². The summed E-state index contributed by atoms with van der Waals surface area (Å²) in [6.45, 7) is 3.89. The number of sulfone groups is 1. The summed E-state index contributed by atoms with van der Waals surface area (Å²) in [4.78, 5) is 11.7. The summed E-state index contributed by atoms with van der Waals surface area (Å²) in [7, 11) is -2.41. The van der Waals surface area contributed by atoms with E-state index in [-0.39, 0.29) is 10.6 Å². The Balaban J connectivity index is 2.30. The lowest BCUT2D eigenvalue weighted by Crippen LogP contribution is -2.33. The number of fused-ring (bicyclic) bond motifs is 1. The monoisotopic (exact) mass is 314 g/mol. The van der Waals surface area contributed by atoms with Crippen LogP contribution in [0.15, 0.2) is 23.1 Å². The normalized spacial score (nSPS) is 14.6. The maximum atomic E-state index is 12.4. The minimum atomic E-state index is -3.64. The van der Waals surface area contributed by atoms with Gasteiger partial charge >= 0.3 is 5.97 Å². The van der Waals surface area contributed by atoms with E-state index in [2.05, 4.69) is 4.74 Å². The van der Waals surface area contributed by atoms with Crippen molar-refractivity contribution in [3.63, 3.8) is 0 Å². The van der Waals surface area contributed by atoms with Gasteiger partial charge in [-0.2, -0.15) is 0 Å². The van der Waals surface area contributed by atoms with E-state index in [0.29, 0.717) is 24.7 Å². The van der Waals surface area contributed by atoms with E-state index in [0.717, 1.165) is 0 Å². The Morgan fingerprint density at radius 3 is 2.48 bits per heavy atom. The Hall–Kier alpha value is -1.76. The molecule has 1 aliphatic rings. The number of esters is 1. The van der Waals surface area contributed by atoms with E-state index < -0.39 is 21.2 Å². The lowest BCUT2D eigenvalue weighted by atomic mass is 9.97. The smallest absolute Gasteiger partial charge is 0.312 e. The summed E-state index contributed by atoms with van der Waals surface area (Å²) in [6.07, 6.45) is 0. The molecule has 0 aliphatic carbocycles. The van der Waals surface area contributed by atoms with Crippen molar-refractivity contribution in [1.29, 1.82) is 0 Å². The third-order valence-corrected chi connectivity index (χ3v) is 5.24. The Morgan fingerprint density at radius 2 is 1.86 bits per heavy atom. The predicted octanol–water partition coefficient (Wildman–Crippen LogP) is 1.43. The highest BCUT2D eigenvalue weighted by atomic mass is 32.2. The second-order valence-corrected chi connectivity index (χ2v) is 7.43. The van der Waals surface area contributed by atoms with Crippen LogP contribution in [-0.4, -0.2) is 40.5 Å². The summed E-state index contributed by atoms with van der Waals surface area (Å²) in [5, 5.41) is 0. The molecule has 0 fully saturated rings. The second-order valence-electron chi connectivity index (χ2n) is 5.44. The van der Waals surface area contributed by atoms with Gasteiger partial charge in [-0.3, -0.25) is 4.79 Å². The van der Waals surface area contributed by atoms with E-state index in [9.17, 15) is 13.2 Å². The average molecular weight is 314 g/mol. The molecule has 0 saturated carbocycles. The zero-order valence-corrected chi connectivity index (χ0v) is 13.0. The third-order valence-electron chi connectivity index (χ3n) is 3.16. The zero-order chi connectivity index (χ0) is 15.7. The molecule has 0 saturated heterocycles. The van der Waals surface area contributed by atoms with Crippen LogP contribution in [0.5, 0.6) is 11.5 Å². The molecule has 116 valence electrons. The fourth-order valence-corrected chi connectivity index (χ4v) is 3.91. The van der Waals surface area contributed by atoms with Crippen molar-refractivity contribution in [2.45, 2.75) is 18.7 Å². The van der Waals surface area contributed by atoms with Gasteiger partial charge in [0, 0.05) is 6.07 Å². The van der Waals surface area contributed by atoms with Gasteiger partial charge in [0.25, 0.3) is 0 Å². The maximum absolute atomic E-state index is 12.4. The number of hydrogen-bond acceptors (Lipinski definition) is 6. The lowest BCUT2D eigenvalue weighted by Gasteiger charge is -2.22. The highest BCUT2D eigenvalue weighted by Crippen LogP contribution is 2.33. The second kappa shape index (κ2) is 5.55. The van der Waals surface area contributed by atoms with Crippen LogP contribution in [-0.2, 0) is 19.4 Å². The van der Waals surface area contributed by atoms with Crippen molar-refractivity contribution in [2.75, 3.05) is 26.1 Å². The third kappa shape index (κ3) is 3.29. The van der Waals surface area contributed by atoms with E-state index in [4.69, 9.17) is 9.47 Å². The standard InChI is InChI=1S/C14H18O6S/c1-14(2,13(15)18-3)9-21(16,17)10-4-5-11-12(8-10)20-7-6-19-11/h4-5,8H,6-7,9H2,1-3H3. The molecule has 6 nitrogen and oxygen atoms in total. The first-order valence-electron chi connectivity index (χ1n) is 6.47. The van der Waals surface area contributed by atoms with Crippen LogP contribution in [0, 0.1) is 5.41 Å². The summed E-state index contributed by atoms with van der Waals surface area (Å²) < 4.78 is 40.3. The highest BCUT2D eigenvalue weighted by Gasteiger charge is 2.35. The van der Waals surface area contributed by atoms with Crippen LogP contribution in [0.1, 0.15) is 13.8 Å². The van der Waals surface area contributed by atoms with Gasteiger partial charge in [0.15, 0.2) is 21.3 Å². The van der Waals surface area contributed by atoms with E-state index >= 15 is 0 Å². The quantitative estimate of drug-likeness (QED) is 0.782. The van der Waals surface area contributed by atoms with Crippen molar-refractivity contribution in [1.82, 2.24) is 0 Å². The topological polar surface area (TPSA) is 78.9 Å². The largest absolute Gasteiger partial charge is 0.486 e. The maximum Gasteiger partial charge on any atom is 0.312 e. The number of carbonyl (C=O) groups is 1. The Bertz CT molecular complexity index is 647. The molecule has 1 aliphatic heterocycles. The number of benzene rings is 1. The van der Waals surface area contributed by atoms with Crippen LogP contribution in [0.3, 0.4) is 0 Å². The summed E-state index contributed by atoms with van der Waals surface area (Å²) in [5.74, 6) is 0.0148. The SMILES string of the molecule is COC(=O)C(C)(C)CS(=O)(=O)c1ccc2c(c1)OCCO2. The number of methoxy groups -OCH3 is 1. The summed E-state index contributed by atoms with van der Waals surface area (Å²) >= 11 is 0. The number of rotatable bonds is 4. The molecule has 7 heteroatoms. The predicted molar refractivity (Wildman–Crippen MR) is 75.3 cm³/mol. The van der Waals surface area contributed by atoms with E-state index in [1.807, 2.05) is 0 Å². The van der Waals surface area contributed by atoms with Gasteiger partial charge in [-0.15, -0.1) is 0 Å². The Morgan fingerprint density at radius 1 is 1.24 bits per heavy atom. The first-order chi connectivity index (χ1) is 9.76. The molecule has 21 heavy (non-hydrogen) atoms. The molecule has 0 aromatic heterocycles. The molecule has 0 amide bonds. The van der Waals surface area contributed by atoms with Crippen LogP contribution < -0.4 is 9.47 Å². The van der Waals surface area contributed by atoms with Crippen molar-refractivity contribution < 1.29 is 27.4 Å². The van der Waals surface area contributed by atoms with Crippen molar-refractivity contribution in [3.8, 4) is 11.5 Å². The highest BCUT2D eigenvalue weighted by molar-refractivity contribution is 7.91. The van der Waals surface area contributed by atoms with E-state index in [1.54, 1.807) is 6.07 Å². The fourth-order valence-electron chi connectivity index (χ4n) is 2.11. The van der Waals surface area contributed by atoms with E-state index in [1.165, 1.54) is 33.1 Å². The Kier molecular flexibility index (Phi) is 4.13. The van der Waals surface area contributed by atoms with Crippen LogP contribution in [0.4, 0.5) is 0 Å². The molecule has 1 aromatic carbocycles. The van der Waals surface area contributed by atoms with Crippen LogP contribution in [0.2, 0.25) is 0 Å². The molecule has 0 unspecified atom stereocenters. The van der Waals surface area contributed by atoms with Gasteiger partial charge in [0.2, 0.25) is 0 Å². The van der Waals surface area contributed by atoms with Gasteiger partial charge in [0.1, 0.15) is 13.2 Å². The molecular formula is C14H18O6S. The average Bonchev–Trinajstić information content (AvgIpc) is 2.44. The molecule has 0 spiro atoms. The molecular weight excluding hydrogens is 296 g/mol. The van der Waals surface area contributed by atoms with Gasteiger partial charge in [0.05, 0.1) is 23.2 Å². The first-order valence-corrected chi connectivity index (χ1v) is 8.12. The molecule has 0 atom stereocenters. The van der Waals surface area contributed by atoms with Crippen LogP contribution >= 0.6 is 0 Å². The fraction of sp³-hybridized carbons (Fsp3) is 0.500. The minimum absolute atomic E-state index is 0.101. The molecule has 1 aromatic rings. The molecule has 0 radical (unpaired) electrons. The molecule has 0 bridgehead atoms. The first kappa shape index (κ1) is 15.6. The molecule has 2 rings (SSSR count). The number of ether oxygens (including phenoxy) is 3. The van der Waals surface area contributed by atoms with Crippen LogP contribution in [0.25, 0.3) is 0 Å². The van der Waals surface area contributed by atoms with Gasteiger partial charge in [-0.25, -0.2) is 8.42 Å². The molecule has 0 N–H and O–H groups in total. The lowest BCUT2D eigenvalue weighted by molar-refractivity contribution is -0.149. The Labute approximate surface area is 123 Å². The molecule has 1 heterocycles. The minimum Gasteiger partial charge on any atom is -0.486 e. The van der Waals surface area contributed by atoms with Gasteiger partial charge < -0.3 is 14.2 Å². The van der Waals surface area contributed by atoms with Gasteiger partial charge in [-0.05, 0) is 26.0 Å². The summed E-state index contributed by atoms with van der Waals surface area (Å²) in [5.41, 5.74) is -1.12. The number of hydrogen-bond donors (Lipinski definition) is 0. The zero-order valence-electron chi connectivity index (χ0n) is 12.2. The number of carbonyl (C=O) groups excluding carboxylic acids is 1. The van der Waals surface area contributed by atoms with Crippen molar-refractivity contribution in [3.05, 3.63) is 18.2 Å².